The van der Waals surface area contributed by atoms with Crippen LogP contribution in [0, 0.1) is 13.8 Å². The van der Waals surface area contributed by atoms with E-state index < -0.39 is 5.97 Å². The number of aryl methyl sites for hydroxylation is 2. The zero-order chi connectivity index (χ0) is 16.9. The number of hydrogen-bond acceptors (Lipinski definition) is 6. The summed E-state index contributed by atoms with van der Waals surface area (Å²) in [5.74, 6) is -1.30. The third-order valence-electron chi connectivity index (χ3n) is 4.12. The highest BCUT2D eigenvalue weighted by atomic mass is 16.5. The molecule has 6 nitrogen and oxygen atoms in total. The van der Waals surface area contributed by atoms with E-state index in [9.17, 15) is 14.4 Å². The molecular weight excluding hydrogens is 296 g/mol. The van der Waals surface area contributed by atoms with E-state index in [4.69, 9.17) is 4.74 Å². The Kier molecular flexibility index (Phi) is 3.39. The Labute approximate surface area is 133 Å². The summed E-state index contributed by atoms with van der Waals surface area (Å²) in [4.78, 5) is 42.2. The summed E-state index contributed by atoms with van der Waals surface area (Å²) in [5, 5.41) is 2.89. The van der Waals surface area contributed by atoms with E-state index in [1.807, 2.05) is 6.92 Å². The van der Waals surface area contributed by atoms with Crippen LogP contribution in [0.4, 0.5) is 0 Å². The third-order valence-corrected chi connectivity index (χ3v) is 4.12. The molecule has 1 aromatic heterocycles. The van der Waals surface area contributed by atoms with Crippen LogP contribution in [0.5, 0.6) is 0 Å². The molecule has 2 heterocycles. The number of dihydropyridines is 1. The molecule has 0 atom stereocenters. The number of nitrogens with zero attached hydrogens (tertiary/aromatic N) is 1. The van der Waals surface area contributed by atoms with Crippen LogP contribution in [0.25, 0.3) is 0 Å². The Hall–Kier alpha value is -2.76. The highest BCUT2D eigenvalue weighted by Crippen LogP contribution is 2.34. The minimum Gasteiger partial charge on any atom is -0.465 e. The fourth-order valence-corrected chi connectivity index (χ4v) is 3.08. The molecule has 0 saturated heterocycles. The third kappa shape index (κ3) is 2.10. The van der Waals surface area contributed by atoms with Crippen molar-refractivity contribution in [2.75, 3.05) is 7.11 Å². The standard InChI is InChI=1S/C17H16N2O4/c1-7-5-10-14(18-6-7)16(21)13-11(15(10)20)8(2)19-9(3)12(13)17(22)23-4/h6,18H,5H2,1-4H3. The molecule has 0 aromatic carbocycles. The van der Waals surface area contributed by atoms with Crippen LogP contribution >= 0.6 is 0 Å². The van der Waals surface area contributed by atoms with Crippen molar-refractivity contribution >= 4 is 17.5 Å². The van der Waals surface area contributed by atoms with E-state index in [-0.39, 0.29) is 34.0 Å². The van der Waals surface area contributed by atoms with Gasteiger partial charge in [0.25, 0.3) is 0 Å². The molecule has 0 unspecified atom stereocenters. The number of allylic oxidation sites excluding steroid dienone is 3. The van der Waals surface area contributed by atoms with Crippen LogP contribution in [-0.2, 0) is 4.74 Å². The fourth-order valence-electron chi connectivity index (χ4n) is 3.08. The lowest BCUT2D eigenvalue weighted by molar-refractivity contribution is 0.0595. The van der Waals surface area contributed by atoms with Gasteiger partial charge in [0.1, 0.15) is 0 Å². The monoisotopic (exact) mass is 312 g/mol. The first-order chi connectivity index (χ1) is 10.9. The number of aromatic nitrogens is 1. The van der Waals surface area contributed by atoms with Gasteiger partial charge in [-0.1, -0.05) is 5.57 Å². The summed E-state index contributed by atoms with van der Waals surface area (Å²) in [6.07, 6.45) is 2.11. The van der Waals surface area contributed by atoms with E-state index >= 15 is 0 Å². The normalized spacial score (nSPS) is 16.4. The highest BCUT2D eigenvalue weighted by molar-refractivity contribution is 6.29. The quantitative estimate of drug-likeness (QED) is 0.799. The van der Waals surface area contributed by atoms with Gasteiger partial charge >= 0.3 is 5.97 Å². The van der Waals surface area contributed by atoms with Gasteiger partial charge in [0.05, 0.1) is 35.2 Å². The molecule has 1 N–H and O–H groups in total. The molecule has 0 spiro atoms. The van der Waals surface area contributed by atoms with Crippen LogP contribution in [0.3, 0.4) is 0 Å². The van der Waals surface area contributed by atoms with Gasteiger partial charge in [0, 0.05) is 23.9 Å². The Morgan fingerprint density at radius 2 is 1.83 bits per heavy atom. The topological polar surface area (TPSA) is 85.4 Å². The number of pyridine rings is 1. The number of nitrogens with one attached hydrogen (secondary N) is 1. The SMILES string of the molecule is COC(=O)c1c(C)nc(C)c2c1C(=O)C1=C(CC(C)=CN1)C2=O. The van der Waals surface area contributed by atoms with Crippen molar-refractivity contribution in [3.8, 4) is 0 Å². The number of hydrogen-bond donors (Lipinski definition) is 1. The first kappa shape index (κ1) is 15.1. The van der Waals surface area contributed by atoms with Gasteiger partial charge in [-0.05, 0) is 20.8 Å². The Morgan fingerprint density at radius 3 is 2.48 bits per heavy atom. The molecule has 3 rings (SSSR count). The zero-order valence-corrected chi connectivity index (χ0v) is 13.4. The molecule has 0 radical (unpaired) electrons. The maximum atomic E-state index is 12.9. The minimum atomic E-state index is -0.668. The van der Waals surface area contributed by atoms with Crippen LogP contribution < -0.4 is 5.32 Å². The summed E-state index contributed by atoms with van der Waals surface area (Å²) < 4.78 is 4.77. The highest BCUT2D eigenvalue weighted by Gasteiger charge is 2.39. The summed E-state index contributed by atoms with van der Waals surface area (Å²) in [6.45, 7) is 5.17. The van der Waals surface area contributed by atoms with Gasteiger partial charge < -0.3 is 10.1 Å². The molecule has 0 fully saturated rings. The number of methoxy groups -OCH3 is 1. The Morgan fingerprint density at radius 1 is 1.13 bits per heavy atom. The number of esters is 1. The van der Waals surface area contributed by atoms with Crippen LogP contribution in [-0.4, -0.2) is 29.6 Å². The minimum absolute atomic E-state index is 0.0612. The average Bonchev–Trinajstić information content (AvgIpc) is 2.51. The van der Waals surface area contributed by atoms with E-state index in [1.54, 1.807) is 20.0 Å². The van der Waals surface area contributed by atoms with Crippen molar-refractivity contribution in [1.82, 2.24) is 10.3 Å². The average molecular weight is 312 g/mol. The van der Waals surface area contributed by atoms with Crippen LogP contribution in [0.2, 0.25) is 0 Å². The summed E-state index contributed by atoms with van der Waals surface area (Å²) in [5.41, 5.74) is 2.80. The van der Waals surface area contributed by atoms with Gasteiger partial charge in [-0.25, -0.2) is 4.79 Å². The number of carbonyl (C=O) groups excluding carboxylic acids is 3. The maximum absolute atomic E-state index is 12.9. The van der Waals surface area contributed by atoms with Crippen molar-refractivity contribution in [2.24, 2.45) is 0 Å². The molecular formula is C17H16N2O4. The van der Waals surface area contributed by atoms with Crippen LogP contribution in [0.15, 0.2) is 23.0 Å². The Balaban J connectivity index is 2.31. The van der Waals surface area contributed by atoms with Crippen molar-refractivity contribution in [3.63, 3.8) is 0 Å². The van der Waals surface area contributed by atoms with E-state index in [2.05, 4.69) is 10.3 Å². The predicted molar refractivity (Wildman–Crippen MR) is 82.2 cm³/mol. The first-order valence-electron chi connectivity index (χ1n) is 7.21. The molecule has 118 valence electrons. The van der Waals surface area contributed by atoms with Gasteiger partial charge in [0.2, 0.25) is 5.78 Å². The lowest BCUT2D eigenvalue weighted by Gasteiger charge is -2.27. The van der Waals surface area contributed by atoms with Gasteiger partial charge in [0.15, 0.2) is 5.78 Å². The number of carbonyl (C=O) groups is 3. The van der Waals surface area contributed by atoms with Gasteiger partial charge in [-0.15, -0.1) is 0 Å². The zero-order valence-electron chi connectivity index (χ0n) is 13.4. The van der Waals surface area contributed by atoms with Crippen molar-refractivity contribution in [3.05, 3.63) is 51.1 Å². The van der Waals surface area contributed by atoms with E-state index in [1.165, 1.54) is 7.11 Å². The first-order valence-corrected chi connectivity index (χ1v) is 7.21. The summed E-state index contributed by atoms with van der Waals surface area (Å²) in [6, 6.07) is 0. The van der Waals surface area contributed by atoms with E-state index in [0.29, 0.717) is 23.4 Å². The molecule has 1 aliphatic heterocycles. The predicted octanol–water partition coefficient (Wildman–Crippen LogP) is 2.02. The number of rotatable bonds is 1. The van der Waals surface area contributed by atoms with Gasteiger partial charge in [-0.3, -0.25) is 14.6 Å². The Bertz CT molecular complexity index is 847. The second-order valence-corrected chi connectivity index (χ2v) is 5.72. The van der Waals surface area contributed by atoms with E-state index in [0.717, 1.165) is 5.57 Å². The smallest absolute Gasteiger partial charge is 0.340 e. The summed E-state index contributed by atoms with van der Waals surface area (Å²) >= 11 is 0. The largest absolute Gasteiger partial charge is 0.465 e. The van der Waals surface area contributed by atoms with Crippen molar-refractivity contribution < 1.29 is 19.1 Å². The fraction of sp³-hybridized carbons (Fsp3) is 0.294. The maximum Gasteiger partial charge on any atom is 0.340 e. The number of Topliss-reactive ketones (excluding diaryl/α,β-unsaturated/α-hetero) is 2. The lowest BCUT2D eigenvalue weighted by Crippen LogP contribution is -2.34. The molecule has 1 aromatic rings. The summed E-state index contributed by atoms with van der Waals surface area (Å²) in [7, 11) is 1.23. The molecule has 6 heteroatoms. The molecule has 0 bridgehead atoms. The van der Waals surface area contributed by atoms with Crippen LogP contribution in [0.1, 0.15) is 55.8 Å². The molecule has 0 amide bonds. The number of ether oxygens (including phenoxy) is 1. The second-order valence-electron chi connectivity index (χ2n) is 5.72. The molecule has 0 saturated carbocycles. The van der Waals surface area contributed by atoms with Gasteiger partial charge in [-0.2, -0.15) is 0 Å². The lowest BCUT2D eigenvalue weighted by atomic mass is 9.80. The number of ketones is 2. The van der Waals surface area contributed by atoms with Crippen molar-refractivity contribution in [2.45, 2.75) is 27.2 Å². The number of fused-ring (bicyclic) bond motifs is 1. The molecule has 2 aliphatic rings. The molecule has 23 heavy (non-hydrogen) atoms. The second kappa shape index (κ2) is 5.15. The molecule has 1 aliphatic carbocycles. The van der Waals surface area contributed by atoms with Crippen molar-refractivity contribution in [1.29, 1.82) is 0 Å².